The number of hydrogen-bond acceptors (Lipinski definition) is 1. The van der Waals surface area contributed by atoms with Crippen molar-refractivity contribution in [2.75, 3.05) is 0 Å². The Morgan fingerprint density at radius 1 is 0.605 bits per heavy atom. The molecule has 0 saturated carbocycles. The molecule has 2 aliphatic rings. The van der Waals surface area contributed by atoms with Gasteiger partial charge in [-0.3, -0.25) is 0 Å². The summed E-state index contributed by atoms with van der Waals surface area (Å²) in [6, 6.07) is 44.4. The van der Waals surface area contributed by atoms with E-state index in [1.807, 2.05) is 0 Å². The first-order valence-electron chi connectivity index (χ1n) is 13.5. The van der Waals surface area contributed by atoms with Gasteiger partial charge >= 0.3 is 0 Å². The first kappa shape index (κ1) is 21.9. The fourth-order valence-electron chi connectivity index (χ4n) is 7.00. The number of nitrogens with one attached hydrogen (secondary N) is 2. The van der Waals surface area contributed by atoms with Crippen LogP contribution < -0.4 is 10.3 Å². The maximum atomic E-state index is 3.93. The lowest BCUT2D eigenvalue weighted by Gasteiger charge is -2.46. The highest BCUT2D eigenvalue weighted by atomic mass is 15.7. The molecule has 0 spiro atoms. The van der Waals surface area contributed by atoms with Crippen molar-refractivity contribution in [2.24, 2.45) is 0 Å². The zero-order valence-corrected chi connectivity index (χ0v) is 21.6. The predicted molar refractivity (Wildman–Crippen MR) is 155 cm³/mol. The van der Waals surface area contributed by atoms with Gasteiger partial charge < -0.3 is 0 Å². The van der Waals surface area contributed by atoms with Crippen molar-refractivity contribution in [1.82, 2.24) is 9.99 Å². The van der Waals surface area contributed by atoms with Gasteiger partial charge in [-0.1, -0.05) is 129 Å². The van der Waals surface area contributed by atoms with Gasteiger partial charge in [0.15, 0.2) is 12.3 Å². The van der Waals surface area contributed by atoms with Gasteiger partial charge in [-0.05, 0) is 22.8 Å². The van der Waals surface area contributed by atoms with Gasteiger partial charge in [-0.2, -0.15) is 9.69 Å². The molecular weight excluding hydrogens is 462 g/mol. The van der Waals surface area contributed by atoms with Gasteiger partial charge in [-0.15, -0.1) is 0 Å². The Morgan fingerprint density at radius 3 is 1.92 bits per heavy atom. The first-order valence-corrected chi connectivity index (χ1v) is 13.5. The molecule has 1 aliphatic carbocycles. The number of hydrogen-bond donors (Lipinski definition) is 2. The molecule has 0 amide bonds. The van der Waals surface area contributed by atoms with Gasteiger partial charge in [0.1, 0.15) is 11.0 Å². The Labute approximate surface area is 222 Å². The van der Waals surface area contributed by atoms with Crippen LogP contribution in [0.1, 0.15) is 48.4 Å². The van der Waals surface area contributed by atoms with Gasteiger partial charge in [-0.25, -0.2) is 5.32 Å². The van der Waals surface area contributed by atoms with Crippen LogP contribution in [0.4, 0.5) is 0 Å². The van der Waals surface area contributed by atoms with Crippen LogP contribution in [0.2, 0.25) is 0 Å². The molecular formula is C35H30N3+. The number of nitrogens with zero attached hydrogens (tertiary/aromatic N) is 1. The number of para-hydroxylation sites is 1. The largest absolute Gasteiger partial charge is 0.205 e. The number of rotatable bonds is 3. The summed E-state index contributed by atoms with van der Waals surface area (Å²) in [5.41, 5.74) is 10.7. The summed E-state index contributed by atoms with van der Waals surface area (Å²) in [6.45, 7) is 4.74. The maximum absolute atomic E-state index is 3.93. The number of quaternary nitrogens is 1. The van der Waals surface area contributed by atoms with Crippen LogP contribution in [-0.2, 0) is 5.41 Å². The first-order chi connectivity index (χ1) is 18.6. The van der Waals surface area contributed by atoms with Gasteiger partial charge in [0, 0.05) is 32.9 Å². The van der Waals surface area contributed by atoms with Crippen LogP contribution in [0.5, 0.6) is 0 Å². The SMILES string of the molecule is CC1(C)c2ccccc2-c2c1ccc1c3ccccc3n([NH+]3C(c4ccccc4)NC3c3ccccc3)c21. The van der Waals surface area contributed by atoms with E-state index >= 15 is 0 Å². The van der Waals surface area contributed by atoms with E-state index in [1.54, 1.807) is 0 Å². The minimum absolute atomic E-state index is 0.0401. The van der Waals surface area contributed by atoms with Crippen LogP contribution in [0.3, 0.4) is 0 Å². The van der Waals surface area contributed by atoms with Gasteiger partial charge in [0.05, 0.1) is 0 Å². The summed E-state index contributed by atoms with van der Waals surface area (Å²) in [5.74, 6) is 0. The highest BCUT2D eigenvalue weighted by Gasteiger charge is 2.48. The molecule has 0 radical (unpaired) electrons. The summed E-state index contributed by atoms with van der Waals surface area (Å²) in [5, 5.41) is 7.95. The van der Waals surface area contributed by atoms with Crippen LogP contribution in [-0.4, -0.2) is 4.68 Å². The van der Waals surface area contributed by atoms with E-state index in [4.69, 9.17) is 0 Å². The maximum Gasteiger partial charge on any atom is 0.197 e. The molecule has 6 aromatic rings. The van der Waals surface area contributed by atoms with Crippen molar-refractivity contribution in [1.29, 1.82) is 0 Å². The Morgan fingerprint density at radius 2 is 1.21 bits per heavy atom. The van der Waals surface area contributed by atoms with Crippen molar-refractivity contribution >= 4 is 21.8 Å². The third-order valence-electron chi connectivity index (χ3n) is 8.83. The molecule has 1 fully saturated rings. The van der Waals surface area contributed by atoms with Crippen LogP contribution in [0, 0.1) is 0 Å². The molecule has 2 heterocycles. The lowest BCUT2D eigenvalue weighted by molar-refractivity contribution is -1.05. The molecule has 38 heavy (non-hydrogen) atoms. The van der Waals surface area contributed by atoms with Crippen molar-refractivity contribution in [3.63, 3.8) is 0 Å². The zero-order chi connectivity index (χ0) is 25.4. The fourth-order valence-corrected chi connectivity index (χ4v) is 7.00. The van der Waals surface area contributed by atoms with E-state index in [1.165, 1.54) is 60.2 Å². The molecule has 2 N–H and O–H groups in total. The molecule has 3 nitrogen and oxygen atoms in total. The predicted octanol–water partition coefficient (Wildman–Crippen LogP) is 6.75. The molecule has 2 unspecified atom stereocenters. The Bertz CT molecular complexity index is 1790. The summed E-state index contributed by atoms with van der Waals surface area (Å²) in [7, 11) is 0. The molecule has 1 saturated heterocycles. The van der Waals surface area contributed by atoms with E-state index in [9.17, 15) is 0 Å². The van der Waals surface area contributed by atoms with Crippen LogP contribution in [0.25, 0.3) is 32.9 Å². The molecule has 1 aliphatic heterocycles. The summed E-state index contributed by atoms with van der Waals surface area (Å²) in [6.07, 6.45) is 0.279. The molecule has 2 atom stereocenters. The summed E-state index contributed by atoms with van der Waals surface area (Å²) < 4.78 is 2.60. The monoisotopic (exact) mass is 492 g/mol. The van der Waals surface area contributed by atoms with Crippen molar-refractivity contribution < 1.29 is 5.01 Å². The quantitative estimate of drug-likeness (QED) is 0.280. The second-order valence-corrected chi connectivity index (χ2v) is 11.2. The molecule has 184 valence electrons. The third-order valence-corrected chi connectivity index (χ3v) is 8.83. The van der Waals surface area contributed by atoms with E-state index in [0.717, 1.165) is 0 Å². The van der Waals surface area contributed by atoms with E-state index in [0.29, 0.717) is 0 Å². The number of benzene rings is 5. The van der Waals surface area contributed by atoms with Crippen LogP contribution in [0.15, 0.2) is 121 Å². The summed E-state index contributed by atoms with van der Waals surface area (Å²) in [4.78, 5) is 0. The average Bonchev–Trinajstić information content (AvgIpc) is 3.39. The lowest BCUT2D eigenvalue weighted by atomic mass is 9.82. The Hall–Kier alpha value is -4.18. The molecule has 5 aromatic carbocycles. The Balaban J connectivity index is 1.48. The highest BCUT2D eigenvalue weighted by molar-refractivity contribution is 6.14. The van der Waals surface area contributed by atoms with Crippen molar-refractivity contribution in [3.05, 3.63) is 144 Å². The normalized spacial score (nSPS) is 21.3. The van der Waals surface area contributed by atoms with E-state index in [-0.39, 0.29) is 17.7 Å². The van der Waals surface area contributed by atoms with Gasteiger partial charge in [0.25, 0.3) is 0 Å². The smallest absolute Gasteiger partial charge is 0.197 e. The second-order valence-electron chi connectivity index (χ2n) is 11.2. The standard InChI is InChI=1S/C35H29N3/c1-35(2)28-19-11-9-18-27(28)31-29(35)22-21-26-25-17-10-12-20-30(25)37(32(26)31)38-33(23-13-5-3-6-14-23)36-34(38)24-15-7-4-8-16-24/h3-22,33-34,36H,1-2H3/p+1. The zero-order valence-electron chi connectivity index (χ0n) is 21.6. The highest BCUT2D eigenvalue weighted by Crippen LogP contribution is 2.52. The van der Waals surface area contributed by atoms with Gasteiger partial charge in [0.2, 0.25) is 0 Å². The summed E-state index contributed by atoms with van der Waals surface area (Å²) >= 11 is 0. The van der Waals surface area contributed by atoms with Crippen molar-refractivity contribution in [3.8, 4) is 11.1 Å². The molecule has 0 bridgehead atoms. The molecule has 8 rings (SSSR count). The second kappa shape index (κ2) is 7.91. The minimum atomic E-state index is -0.0401. The topological polar surface area (TPSA) is 21.4 Å². The Kier molecular flexibility index (Phi) is 4.55. The minimum Gasteiger partial charge on any atom is -0.205 e. The van der Waals surface area contributed by atoms with E-state index < -0.39 is 0 Å². The van der Waals surface area contributed by atoms with Crippen LogP contribution >= 0.6 is 0 Å². The average molecular weight is 493 g/mol. The van der Waals surface area contributed by atoms with Crippen molar-refractivity contribution in [2.45, 2.75) is 31.6 Å². The lowest BCUT2D eigenvalue weighted by Crippen LogP contribution is -3.24. The fraction of sp³-hybridized carbons (Fsp3) is 0.143. The molecule has 1 aromatic heterocycles. The number of aromatic nitrogens is 1. The third kappa shape index (κ3) is 2.86. The van der Waals surface area contributed by atoms with E-state index in [2.05, 4.69) is 145 Å². The number of fused-ring (bicyclic) bond motifs is 7. The molecule has 3 heteroatoms.